The molecular weight excluding hydrogens is 637 g/mol. The number of fused-ring (bicyclic) bond motifs is 1. The zero-order chi connectivity index (χ0) is 35.6. The van der Waals surface area contributed by atoms with E-state index in [9.17, 15) is 9.59 Å². The maximum absolute atomic E-state index is 13.9. The van der Waals surface area contributed by atoms with Gasteiger partial charge in [0.1, 0.15) is 17.7 Å². The van der Waals surface area contributed by atoms with E-state index in [2.05, 4.69) is 26.8 Å². The number of H-pyrrole nitrogens is 2. The molecule has 0 unspecified atom stereocenters. The summed E-state index contributed by atoms with van der Waals surface area (Å²) in [7, 11) is 3.91. The summed E-state index contributed by atoms with van der Waals surface area (Å²) < 4.78 is 0. The van der Waals surface area contributed by atoms with Crippen LogP contribution in [0.4, 0.5) is 0 Å². The van der Waals surface area contributed by atoms with E-state index in [1.54, 1.807) is 0 Å². The average Bonchev–Trinajstić information content (AvgIpc) is 3.96. The van der Waals surface area contributed by atoms with Crippen molar-refractivity contribution in [3.63, 3.8) is 0 Å². The lowest BCUT2D eigenvalue weighted by molar-refractivity contribution is -0.137. The van der Waals surface area contributed by atoms with Gasteiger partial charge >= 0.3 is 0 Å². The van der Waals surface area contributed by atoms with Crippen molar-refractivity contribution in [2.24, 2.45) is 11.7 Å². The zero-order valence-corrected chi connectivity index (χ0v) is 29.8. The molecule has 0 aliphatic carbocycles. The normalized spacial score (nSPS) is 18.7. The van der Waals surface area contributed by atoms with Crippen LogP contribution in [0.15, 0.2) is 79.0 Å². The number of benzene rings is 3. The molecule has 10 heteroatoms. The van der Waals surface area contributed by atoms with Crippen LogP contribution in [-0.2, 0) is 9.59 Å². The van der Waals surface area contributed by atoms with Gasteiger partial charge in [0.05, 0.1) is 41.0 Å². The lowest BCUT2D eigenvalue weighted by Crippen LogP contribution is -2.46. The average molecular weight is 683 g/mol. The molecular formula is C41H46N8O2. The Labute approximate surface area is 299 Å². The fraction of sp³-hybridized carbons (Fsp3) is 0.366. The lowest BCUT2D eigenvalue weighted by atomic mass is 10.0. The Hall–Kier alpha value is -5.24. The number of nitrogens with one attached hydrogen (secondary N) is 2. The molecule has 3 aromatic carbocycles. The van der Waals surface area contributed by atoms with Crippen LogP contribution >= 0.6 is 0 Å². The van der Waals surface area contributed by atoms with E-state index in [4.69, 9.17) is 10.7 Å². The molecule has 0 saturated carbocycles. The number of carbonyl (C=O) groups excluding carboxylic acids is 2. The third kappa shape index (κ3) is 7.05. The Balaban J connectivity index is 1.03. The first-order valence-corrected chi connectivity index (χ1v) is 17.9. The van der Waals surface area contributed by atoms with Gasteiger partial charge in [-0.3, -0.25) is 14.5 Å². The molecule has 2 saturated heterocycles. The first kappa shape index (κ1) is 34.2. The summed E-state index contributed by atoms with van der Waals surface area (Å²) in [5.74, 6) is 8.38. The van der Waals surface area contributed by atoms with Crippen molar-refractivity contribution in [3.05, 3.63) is 107 Å². The molecule has 4 heterocycles. The Bertz CT molecular complexity index is 2070. The van der Waals surface area contributed by atoms with E-state index in [1.165, 1.54) is 0 Å². The number of imidazole rings is 2. The van der Waals surface area contributed by atoms with Gasteiger partial charge in [0.25, 0.3) is 0 Å². The van der Waals surface area contributed by atoms with Gasteiger partial charge in [-0.1, -0.05) is 68.2 Å². The summed E-state index contributed by atoms with van der Waals surface area (Å²) in [6.07, 6.45) is 5.44. The van der Waals surface area contributed by atoms with Crippen LogP contribution in [0, 0.1) is 17.8 Å². The minimum atomic E-state index is -0.505. The molecule has 7 rings (SSSR count). The number of aromatic nitrogens is 4. The Morgan fingerprint density at radius 2 is 1.49 bits per heavy atom. The molecule has 0 radical (unpaired) electrons. The minimum Gasteiger partial charge on any atom is -0.340 e. The molecule has 262 valence electrons. The number of hydrogen-bond donors (Lipinski definition) is 3. The fourth-order valence-electron chi connectivity index (χ4n) is 7.36. The van der Waals surface area contributed by atoms with Crippen LogP contribution < -0.4 is 5.73 Å². The topological polar surface area (TPSA) is 127 Å². The van der Waals surface area contributed by atoms with Crippen LogP contribution in [0.2, 0.25) is 0 Å². The SMILES string of the molecule is CC(C)[C@H](N)C(=O)N1CCC[C@H]1c1ncc(-c2ccc(C#Cc3ccc4nc([C@@H]5CCCN5C(=O)[C@@H](c5ccccc5)N(C)C)[nH]c4c3)cc2)[nH]1. The highest BCUT2D eigenvalue weighted by Crippen LogP contribution is 2.35. The summed E-state index contributed by atoms with van der Waals surface area (Å²) in [4.78, 5) is 49.3. The number of amides is 2. The van der Waals surface area contributed by atoms with Crippen molar-refractivity contribution in [2.45, 2.75) is 63.7 Å². The predicted octanol–water partition coefficient (Wildman–Crippen LogP) is 5.97. The smallest absolute Gasteiger partial charge is 0.245 e. The maximum Gasteiger partial charge on any atom is 0.245 e. The Morgan fingerprint density at radius 1 is 0.843 bits per heavy atom. The van der Waals surface area contributed by atoms with E-state index in [-0.39, 0.29) is 35.9 Å². The van der Waals surface area contributed by atoms with Crippen LogP contribution in [-0.4, -0.2) is 79.7 Å². The van der Waals surface area contributed by atoms with E-state index in [0.29, 0.717) is 13.1 Å². The third-order valence-electron chi connectivity index (χ3n) is 10.2. The summed E-state index contributed by atoms with van der Waals surface area (Å²) >= 11 is 0. The van der Waals surface area contributed by atoms with Crippen molar-refractivity contribution < 1.29 is 9.59 Å². The van der Waals surface area contributed by atoms with Gasteiger partial charge in [0.2, 0.25) is 11.8 Å². The van der Waals surface area contributed by atoms with Crippen LogP contribution in [0.5, 0.6) is 0 Å². The van der Waals surface area contributed by atoms with Crippen LogP contribution in [0.3, 0.4) is 0 Å². The van der Waals surface area contributed by atoms with Crippen molar-refractivity contribution >= 4 is 22.8 Å². The van der Waals surface area contributed by atoms with Gasteiger partial charge in [-0.2, -0.15) is 0 Å². The second-order valence-corrected chi connectivity index (χ2v) is 14.3. The number of rotatable bonds is 8. The fourth-order valence-corrected chi connectivity index (χ4v) is 7.36. The maximum atomic E-state index is 13.9. The molecule has 51 heavy (non-hydrogen) atoms. The van der Waals surface area contributed by atoms with E-state index in [1.807, 2.05) is 122 Å². The first-order valence-electron chi connectivity index (χ1n) is 17.9. The molecule has 0 bridgehead atoms. The molecule has 10 nitrogen and oxygen atoms in total. The minimum absolute atomic E-state index is 0.00900. The lowest BCUT2D eigenvalue weighted by Gasteiger charge is -2.31. The largest absolute Gasteiger partial charge is 0.340 e. The van der Waals surface area contributed by atoms with Crippen molar-refractivity contribution in [3.8, 4) is 23.1 Å². The number of carbonyl (C=O) groups is 2. The molecule has 4 N–H and O–H groups in total. The molecule has 2 amide bonds. The molecule has 2 aromatic heterocycles. The molecule has 0 spiro atoms. The predicted molar refractivity (Wildman–Crippen MR) is 199 cm³/mol. The number of nitrogens with two attached hydrogens (primary N) is 1. The zero-order valence-electron chi connectivity index (χ0n) is 29.8. The Kier molecular flexibility index (Phi) is 9.76. The Morgan fingerprint density at radius 3 is 2.18 bits per heavy atom. The molecule has 2 fully saturated rings. The number of likely N-dealkylation sites (N-methyl/N-ethyl adjacent to an activating group) is 1. The van der Waals surface area contributed by atoms with Crippen molar-refractivity contribution in [1.29, 1.82) is 0 Å². The van der Waals surface area contributed by atoms with Gasteiger partial charge in [-0.15, -0.1) is 0 Å². The second kappa shape index (κ2) is 14.5. The number of likely N-dealkylation sites (tertiary alicyclic amines) is 2. The van der Waals surface area contributed by atoms with Gasteiger partial charge in [0, 0.05) is 24.2 Å². The summed E-state index contributed by atoms with van der Waals surface area (Å²) in [5, 5.41) is 0. The first-order chi connectivity index (χ1) is 24.7. The quantitative estimate of drug-likeness (QED) is 0.173. The summed E-state index contributed by atoms with van der Waals surface area (Å²) in [6, 6.07) is 23.0. The molecule has 5 aromatic rings. The second-order valence-electron chi connectivity index (χ2n) is 14.3. The molecule has 4 atom stereocenters. The standard InChI is InChI=1S/C41H46N8O2/c1-26(2)36(42)40(50)48-22-8-12-34(48)38-43-25-33(46-38)29-19-16-27(17-20-29)14-15-28-18-21-31-32(24-28)45-39(44-31)35-13-9-23-49(35)41(51)37(47(3)4)30-10-6-5-7-11-30/h5-7,10-11,16-21,24-26,34-37H,8-9,12-13,22-23,42H2,1-4H3,(H,43,46)(H,44,45)/t34-,35-,36-,37+/m0/s1. The van der Waals surface area contributed by atoms with Gasteiger partial charge in [0.15, 0.2) is 0 Å². The van der Waals surface area contributed by atoms with E-state index >= 15 is 0 Å². The van der Waals surface area contributed by atoms with E-state index < -0.39 is 6.04 Å². The molecule has 2 aliphatic heterocycles. The summed E-state index contributed by atoms with van der Waals surface area (Å²) in [6.45, 7) is 5.37. The number of hydrogen-bond acceptors (Lipinski definition) is 6. The van der Waals surface area contributed by atoms with Crippen molar-refractivity contribution in [1.82, 2.24) is 34.6 Å². The van der Waals surface area contributed by atoms with Gasteiger partial charge in [-0.05, 0) is 87.2 Å². The monoisotopic (exact) mass is 682 g/mol. The third-order valence-corrected chi connectivity index (χ3v) is 10.2. The van der Waals surface area contributed by atoms with Crippen molar-refractivity contribution in [2.75, 3.05) is 27.2 Å². The highest BCUT2D eigenvalue weighted by Gasteiger charge is 2.37. The highest BCUT2D eigenvalue weighted by atomic mass is 16.2. The summed E-state index contributed by atoms with van der Waals surface area (Å²) in [5.41, 5.74) is 12.6. The van der Waals surface area contributed by atoms with E-state index in [0.717, 1.165) is 76.3 Å². The van der Waals surface area contributed by atoms with Gasteiger partial charge in [-0.25, -0.2) is 9.97 Å². The number of aromatic amines is 2. The van der Waals surface area contributed by atoms with Crippen LogP contribution in [0.1, 0.15) is 86.0 Å². The van der Waals surface area contributed by atoms with Crippen LogP contribution in [0.25, 0.3) is 22.3 Å². The number of nitrogens with zero attached hydrogens (tertiary/aromatic N) is 5. The molecule has 2 aliphatic rings. The highest BCUT2D eigenvalue weighted by molar-refractivity contribution is 5.84. The van der Waals surface area contributed by atoms with Gasteiger partial charge < -0.3 is 25.5 Å².